The molecular formula is C10H14ClNOS. The molecular weight excluding hydrogens is 218 g/mol. The molecule has 0 amide bonds. The van der Waals surface area contributed by atoms with E-state index < -0.39 is 0 Å². The van der Waals surface area contributed by atoms with Gasteiger partial charge >= 0.3 is 0 Å². The molecule has 0 radical (unpaired) electrons. The van der Waals surface area contributed by atoms with E-state index in [1.807, 2.05) is 6.07 Å². The number of nitrogens with one attached hydrogen (secondary N) is 1. The monoisotopic (exact) mass is 231 g/mol. The molecule has 0 aromatic carbocycles. The van der Waals surface area contributed by atoms with Crippen molar-refractivity contribution >= 4 is 22.9 Å². The van der Waals surface area contributed by atoms with Crippen LogP contribution in [0, 0.1) is 0 Å². The standard InChI is InChI=1S/C10H14ClNOS/c1-2-12-5-10(6-13-7-10)8-3-4-9(11)14-8/h3-4,12H,2,5-7H2,1H3. The van der Waals surface area contributed by atoms with Gasteiger partial charge in [-0.25, -0.2) is 0 Å². The summed E-state index contributed by atoms with van der Waals surface area (Å²) in [6.45, 7) is 5.74. The molecule has 1 aliphatic rings. The lowest BCUT2D eigenvalue weighted by molar-refractivity contribution is -0.0569. The topological polar surface area (TPSA) is 21.3 Å². The van der Waals surface area contributed by atoms with Crippen molar-refractivity contribution in [2.45, 2.75) is 12.3 Å². The number of halogens is 1. The van der Waals surface area contributed by atoms with Gasteiger partial charge in [-0.15, -0.1) is 11.3 Å². The molecule has 2 rings (SSSR count). The fourth-order valence-corrected chi connectivity index (χ4v) is 2.84. The van der Waals surface area contributed by atoms with Crippen LogP contribution in [0.25, 0.3) is 0 Å². The zero-order valence-corrected chi connectivity index (χ0v) is 9.75. The van der Waals surface area contributed by atoms with E-state index in [0.717, 1.165) is 30.6 Å². The molecule has 1 N–H and O–H groups in total. The van der Waals surface area contributed by atoms with Crippen molar-refractivity contribution in [3.63, 3.8) is 0 Å². The Kier molecular flexibility index (Phi) is 3.12. The molecule has 78 valence electrons. The third-order valence-electron chi connectivity index (χ3n) is 2.57. The van der Waals surface area contributed by atoms with Crippen molar-refractivity contribution in [3.05, 3.63) is 21.3 Å². The quantitative estimate of drug-likeness (QED) is 0.859. The van der Waals surface area contributed by atoms with Gasteiger partial charge in [0.15, 0.2) is 0 Å². The van der Waals surface area contributed by atoms with Gasteiger partial charge in [-0.3, -0.25) is 0 Å². The fourth-order valence-electron chi connectivity index (χ4n) is 1.64. The molecule has 0 atom stereocenters. The SMILES string of the molecule is CCNCC1(c2ccc(Cl)s2)COC1. The van der Waals surface area contributed by atoms with Crippen LogP contribution >= 0.6 is 22.9 Å². The summed E-state index contributed by atoms with van der Waals surface area (Å²) in [5.41, 5.74) is 0.188. The van der Waals surface area contributed by atoms with Crippen LogP contribution in [-0.4, -0.2) is 26.3 Å². The highest BCUT2D eigenvalue weighted by molar-refractivity contribution is 7.16. The van der Waals surface area contributed by atoms with E-state index in [1.165, 1.54) is 4.88 Å². The number of thiophene rings is 1. The predicted octanol–water partition coefficient (Wildman–Crippen LogP) is 2.28. The van der Waals surface area contributed by atoms with Crippen molar-refractivity contribution < 1.29 is 4.74 Å². The molecule has 1 aromatic heterocycles. The normalized spacial score (nSPS) is 19.3. The van der Waals surface area contributed by atoms with Gasteiger partial charge in [-0.05, 0) is 18.7 Å². The number of hydrogen-bond donors (Lipinski definition) is 1. The Hall–Kier alpha value is -0.0900. The highest BCUT2D eigenvalue weighted by Crippen LogP contribution is 2.37. The lowest BCUT2D eigenvalue weighted by Gasteiger charge is -2.40. The number of rotatable bonds is 4. The zero-order valence-electron chi connectivity index (χ0n) is 8.18. The van der Waals surface area contributed by atoms with E-state index in [4.69, 9.17) is 16.3 Å². The van der Waals surface area contributed by atoms with E-state index in [9.17, 15) is 0 Å². The maximum absolute atomic E-state index is 5.94. The average molecular weight is 232 g/mol. The Bertz CT molecular complexity index is 309. The molecule has 0 bridgehead atoms. The largest absolute Gasteiger partial charge is 0.379 e. The van der Waals surface area contributed by atoms with Crippen LogP contribution in [0.3, 0.4) is 0 Å². The van der Waals surface area contributed by atoms with Gasteiger partial charge in [0.25, 0.3) is 0 Å². The first kappa shape index (κ1) is 10.4. The molecule has 1 aromatic rings. The minimum atomic E-state index is 0.188. The second kappa shape index (κ2) is 4.19. The minimum Gasteiger partial charge on any atom is -0.379 e. The molecule has 0 spiro atoms. The zero-order chi connectivity index (χ0) is 10.0. The first-order valence-electron chi connectivity index (χ1n) is 4.81. The van der Waals surface area contributed by atoms with Gasteiger partial charge in [0.05, 0.1) is 23.0 Å². The third-order valence-corrected chi connectivity index (χ3v) is 4.04. The summed E-state index contributed by atoms with van der Waals surface area (Å²) in [7, 11) is 0. The molecule has 4 heteroatoms. The van der Waals surface area contributed by atoms with Crippen molar-refractivity contribution in [3.8, 4) is 0 Å². The van der Waals surface area contributed by atoms with Crippen molar-refractivity contribution in [1.29, 1.82) is 0 Å². The van der Waals surface area contributed by atoms with Gasteiger partial charge in [-0.1, -0.05) is 18.5 Å². The van der Waals surface area contributed by atoms with Crippen LogP contribution in [-0.2, 0) is 10.2 Å². The Labute approximate surface area is 93.2 Å². The van der Waals surface area contributed by atoms with Crippen molar-refractivity contribution in [2.24, 2.45) is 0 Å². The molecule has 2 nitrogen and oxygen atoms in total. The van der Waals surface area contributed by atoms with Gasteiger partial charge in [0, 0.05) is 11.4 Å². The number of likely N-dealkylation sites (N-methyl/N-ethyl adjacent to an activating group) is 1. The molecule has 1 saturated heterocycles. The molecule has 0 saturated carbocycles. The predicted molar refractivity (Wildman–Crippen MR) is 60.4 cm³/mol. The smallest absolute Gasteiger partial charge is 0.0931 e. The first-order valence-corrected chi connectivity index (χ1v) is 6.00. The lowest BCUT2D eigenvalue weighted by atomic mass is 9.84. The summed E-state index contributed by atoms with van der Waals surface area (Å²) in [6, 6.07) is 4.08. The summed E-state index contributed by atoms with van der Waals surface area (Å²) < 4.78 is 6.19. The fraction of sp³-hybridized carbons (Fsp3) is 0.600. The maximum Gasteiger partial charge on any atom is 0.0931 e. The van der Waals surface area contributed by atoms with E-state index in [1.54, 1.807) is 11.3 Å². The molecule has 1 aliphatic heterocycles. The van der Waals surface area contributed by atoms with Crippen LogP contribution < -0.4 is 5.32 Å². The van der Waals surface area contributed by atoms with E-state index >= 15 is 0 Å². The van der Waals surface area contributed by atoms with Gasteiger partial charge < -0.3 is 10.1 Å². The summed E-state index contributed by atoms with van der Waals surface area (Å²) in [5, 5.41) is 3.38. The highest BCUT2D eigenvalue weighted by Gasteiger charge is 2.41. The molecule has 0 unspecified atom stereocenters. The Morgan fingerprint density at radius 2 is 2.36 bits per heavy atom. The first-order chi connectivity index (χ1) is 6.77. The number of hydrogen-bond acceptors (Lipinski definition) is 3. The van der Waals surface area contributed by atoms with Crippen LogP contribution in [0.15, 0.2) is 12.1 Å². The maximum atomic E-state index is 5.94. The molecule has 0 aliphatic carbocycles. The Balaban J connectivity index is 2.11. The molecule has 1 fully saturated rings. The Morgan fingerprint density at radius 3 is 2.79 bits per heavy atom. The van der Waals surface area contributed by atoms with Crippen LogP contribution in [0.1, 0.15) is 11.8 Å². The molecule has 2 heterocycles. The van der Waals surface area contributed by atoms with Gasteiger partial charge in [-0.2, -0.15) is 0 Å². The van der Waals surface area contributed by atoms with Crippen LogP contribution in [0.4, 0.5) is 0 Å². The van der Waals surface area contributed by atoms with Gasteiger partial charge in [0.2, 0.25) is 0 Å². The molecule has 14 heavy (non-hydrogen) atoms. The summed E-state index contributed by atoms with van der Waals surface area (Å²) in [5.74, 6) is 0. The summed E-state index contributed by atoms with van der Waals surface area (Å²) in [6.07, 6.45) is 0. The second-order valence-corrected chi connectivity index (χ2v) is 5.37. The van der Waals surface area contributed by atoms with Crippen LogP contribution in [0.2, 0.25) is 4.34 Å². The summed E-state index contributed by atoms with van der Waals surface area (Å²) in [4.78, 5) is 1.34. The highest BCUT2D eigenvalue weighted by atomic mass is 35.5. The average Bonchev–Trinajstić information content (AvgIpc) is 2.51. The van der Waals surface area contributed by atoms with E-state index in [2.05, 4.69) is 18.3 Å². The summed E-state index contributed by atoms with van der Waals surface area (Å²) >= 11 is 7.61. The third kappa shape index (κ3) is 1.82. The van der Waals surface area contributed by atoms with Gasteiger partial charge in [0.1, 0.15) is 0 Å². The lowest BCUT2D eigenvalue weighted by Crippen LogP contribution is -2.52. The minimum absolute atomic E-state index is 0.188. The van der Waals surface area contributed by atoms with E-state index in [0.29, 0.717) is 0 Å². The van der Waals surface area contributed by atoms with Crippen LogP contribution in [0.5, 0.6) is 0 Å². The Morgan fingerprint density at radius 1 is 1.57 bits per heavy atom. The van der Waals surface area contributed by atoms with E-state index in [-0.39, 0.29) is 5.41 Å². The number of ether oxygens (including phenoxy) is 1. The van der Waals surface area contributed by atoms with Crippen molar-refractivity contribution in [1.82, 2.24) is 5.32 Å². The van der Waals surface area contributed by atoms with Crippen molar-refractivity contribution in [2.75, 3.05) is 26.3 Å². The second-order valence-electron chi connectivity index (χ2n) is 3.66.